The van der Waals surface area contributed by atoms with Gasteiger partial charge in [-0.1, -0.05) is 12.6 Å². The number of ether oxygens (including phenoxy) is 1. The highest BCUT2D eigenvalue weighted by Gasteiger charge is 2.17. The van der Waals surface area contributed by atoms with Gasteiger partial charge in [0.25, 0.3) is 5.22 Å². The van der Waals surface area contributed by atoms with Crippen LogP contribution < -0.4 is 0 Å². The summed E-state index contributed by atoms with van der Waals surface area (Å²) in [6.45, 7) is 2.07. The van der Waals surface area contributed by atoms with E-state index in [1.54, 1.807) is 19.1 Å². The molecule has 2 aromatic rings. The van der Waals surface area contributed by atoms with E-state index in [1.165, 1.54) is 0 Å². The van der Waals surface area contributed by atoms with Gasteiger partial charge in [-0.15, -0.1) is 0 Å². The Hall–Kier alpha value is -1.01. The zero-order valence-electron chi connectivity index (χ0n) is 8.36. The van der Waals surface area contributed by atoms with Gasteiger partial charge >= 0.3 is 5.97 Å². The van der Waals surface area contributed by atoms with Crippen molar-refractivity contribution in [2.24, 2.45) is 0 Å². The van der Waals surface area contributed by atoms with Crippen molar-refractivity contribution in [3.8, 4) is 0 Å². The van der Waals surface area contributed by atoms with Crippen LogP contribution in [0.1, 0.15) is 17.3 Å². The Balaban J connectivity index is 2.62. The molecule has 1 heterocycles. The average molecular weight is 302 g/mol. The van der Waals surface area contributed by atoms with E-state index in [0.29, 0.717) is 23.3 Å². The summed E-state index contributed by atoms with van der Waals surface area (Å²) in [7, 11) is 0. The predicted octanol–water partition coefficient (Wildman–Crippen LogP) is 3.06. The Morgan fingerprint density at radius 1 is 1.62 bits per heavy atom. The number of hydrogen-bond acceptors (Lipinski definition) is 5. The second kappa shape index (κ2) is 4.47. The summed E-state index contributed by atoms with van der Waals surface area (Å²) < 4.78 is 10.9. The van der Waals surface area contributed by atoms with Crippen LogP contribution in [0.5, 0.6) is 0 Å². The third-order valence-electron chi connectivity index (χ3n) is 1.98. The molecule has 0 amide bonds. The van der Waals surface area contributed by atoms with Gasteiger partial charge in [-0.25, -0.2) is 9.78 Å². The molecule has 0 unspecified atom stereocenters. The Labute approximate surface area is 106 Å². The molecular formula is C10H8BrNO3S. The summed E-state index contributed by atoms with van der Waals surface area (Å²) in [5.41, 5.74) is 1.33. The van der Waals surface area contributed by atoms with Crippen LogP contribution in [-0.4, -0.2) is 17.6 Å². The van der Waals surface area contributed by atoms with Crippen molar-refractivity contribution in [1.29, 1.82) is 0 Å². The van der Waals surface area contributed by atoms with Crippen LogP contribution in [0.2, 0.25) is 0 Å². The maximum Gasteiger partial charge on any atom is 0.340 e. The number of hydrogen-bond donors (Lipinski definition) is 1. The first-order valence-electron chi connectivity index (χ1n) is 4.58. The van der Waals surface area contributed by atoms with Crippen molar-refractivity contribution in [2.45, 2.75) is 12.1 Å². The van der Waals surface area contributed by atoms with Gasteiger partial charge in [-0.05, 0) is 35.0 Å². The van der Waals surface area contributed by atoms with E-state index in [2.05, 4.69) is 33.5 Å². The van der Waals surface area contributed by atoms with Gasteiger partial charge < -0.3 is 9.15 Å². The molecule has 0 bridgehead atoms. The second-order valence-electron chi connectivity index (χ2n) is 2.99. The minimum Gasteiger partial charge on any atom is -0.462 e. The fourth-order valence-electron chi connectivity index (χ4n) is 1.34. The van der Waals surface area contributed by atoms with E-state index >= 15 is 0 Å². The number of thiol groups is 1. The summed E-state index contributed by atoms with van der Waals surface area (Å²) in [6, 6.07) is 3.35. The summed E-state index contributed by atoms with van der Waals surface area (Å²) in [4.78, 5) is 15.7. The standard InChI is InChI=1S/C10H8BrNO3S/c1-2-14-9(13)5-3-4-6(11)8-7(5)12-10(16)15-8/h3-4H,2H2,1H3,(H,12,16). The monoisotopic (exact) mass is 301 g/mol. The van der Waals surface area contributed by atoms with Gasteiger partial charge in [0.15, 0.2) is 5.58 Å². The molecule has 0 spiro atoms. The Kier molecular flexibility index (Phi) is 3.20. The molecular weight excluding hydrogens is 294 g/mol. The van der Waals surface area contributed by atoms with Crippen molar-refractivity contribution in [2.75, 3.05) is 6.61 Å². The number of oxazole rings is 1. The van der Waals surface area contributed by atoms with Crippen LogP contribution in [0.3, 0.4) is 0 Å². The van der Waals surface area contributed by atoms with Crippen molar-refractivity contribution in [1.82, 2.24) is 4.98 Å². The summed E-state index contributed by atoms with van der Waals surface area (Å²) in [6.07, 6.45) is 0. The Morgan fingerprint density at radius 3 is 3.06 bits per heavy atom. The van der Waals surface area contributed by atoms with E-state index in [0.717, 1.165) is 4.47 Å². The second-order valence-corrected chi connectivity index (χ2v) is 4.23. The minimum absolute atomic E-state index is 0.215. The fraction of sp³-hybridized carbons (Fsp3) is 0.200. The third-order valence-corrected chi connectivity index (χ3v) is 2.80. The summed E-state index contributed by atoms with van der Waals surface area (Å²) in [5, 5.41) is 0.215. The molecule has 0 saturated heterocycles. The maximum atomic E-state index is 11.6. The van der Waals surface area contributed by atoms with Crippen molar-refractivity contribution < 1.29 is 13.9 Å². The van der Waals surface area contributed by atoms with Crippen LogP contribution in [0.25, 0.3) is 11.1 Å². The molecule has 0 aliphatic heterocycles. The molecule has 1 aromatic heterocycles. The van der Waals surface area contributed by atoms with E-state index < -0.39 is 5.97 Å². The molecule has 0 aliphatic carbocycles. The van der Waals surface area contributed by atoms with Gasteiger partial charge in [0, 0.05) is 0 Å². The number of carbonyl (C=O) groups excluding carboxylic acids is 1. The molecule has 1 aromatic carbocycles. The predicted molar refractivity (Wildman–Crippen MR) is 64.9 cm³/mol. The van der Waals surface area contributed by atoms with Gasteiger partial charge in [0.05, 0.1) is 16.6 Å². The first-order valence-corrected chi connectivity index (χ1v) is 5.82. The molecule has 0 fully saturated rings. The smallest absolute Gasteiger partial charge is 0.340 e. The lowest BCUT2D eigenvalue weighted by Crippen LogP contribution is -2.05. The number of carbonyl (C=O) groups is 1. The molecule has 6 heteroatoms. The third kappa shape index (κ3) is 1.94. The normalized spacial score (nSPS) is 10.7. The highest BCUT2D eigenvalue weighted by atomic mass is 79.9. The van der Waals surface area contributed by atoms with Gasteiger partial charge in [-0.3, -0.25) is 0 Å². The highest BCUT2D eigenvalue weighted by molar-refractivity contribution is 9.10. The number of halogens is 1. The zero-order chi connectivity index (χ0) is 11.7. The maximum absolute atomic E-state index is 11.6. The molecule has 84 valence electrons. The molecule has 0 N–H and O–H groups in total. The number of fused-ring (bicyclic) bond motifs is 1. The molecule has 0 radical (unpaired) electrons. The van der Waals surface area contributed by atoms with Crippen molar-refractivity contribution in [3.63, 3.8) is 0 Å². The summed E-state index contributed by atoms with van der Waals surface area (Å²) >= 11 is 7.32. The number of nitrogens with zero attached hydrogens (tertiary/aromatic N) is 1. The largest absolute Gasteiger partial charge is 0.462 e. The number of rotatable bonds is 2. The number of benzene rings is 1. The van der Waals surface area contributed by atoms with Gasteiger partial charge in [0.2, 0.25) is 0 Å². The minimum atomic E-state index is -0.415. The van der Waals surface area contributed by atoms with Crippen LogP contribution in [0.4, 0.5) is 0 Å². The number of esters is 1. The van der Waals surface area contributed by atoms with Crippen LogP contribution in [0.15, 0.2) is 26.2 Å². The number of aromatic nitrogens is 1. The molecule has 16 heavy (non-hydrogen) atoms. The molecule has 2 rings (SSSR count). The molecule has 4 nitrogen and oxygen atoms in total. The van der Waals surface area contributed by atoms with E-state index in [-0.39, 0.29) is 5.22 Å². The van der Waals surface area contributed by atoms with Crippen LogP contribution in [0, 0.1) is 0 Å². The lowest BCUT2D eigenvalue weighted by Gasteiger charge is -2.02. The quantitative estimate of drug-likeness (QED) is 0.684. The first-order chi connectivity index (χ1) is 7.63. The SMILES string of the molecule is CCOC(=O)c1ccc(Br)c2oc(S)nc12. The van der Waals surface area contributed by atoms with Crippen molar-refractivity contribution in [3.05, 3.63) is 22.2 Å². The lowest BCUT2D eigenvalue weighted by atomic mass is 10.2. The summed E-state index contributed by atoms with van der Waals surface area (Å²) in [5.74, 6) is -0.415. The van der Waals surface area contributed by atoms with Crippen molar-refractivity contribution >= 4 is 45.6 Å². The lowest BCUT2D eigenvalue weighted by molar-refractivity contribution is 0.0528. The Bertz CT molecular complexity index is 552. The fourth-order valence-corrected chi connectivity index (χ4v) is 1.93. The van der Waals surface area contributed by atoms with E-state index in [4.69, 9.17) is 9.15 Å². The molecule has 0 aliphatic rings. The highest BCUT2D eigenvalue weighted by Crippen LogP contribution is 2.29. The zero-order valence-corrected chi connectivity index (χ0v) is 10.8. The van der Waals surface area contributed by atoms with Crippen LogP contribution >= 0.6 is 28.6 Å². The average Bonchev–Trinajstić information content (AvgIpc) is 2.61. The topological polar surface area (TPSA) is 52.3 Å². The van der Waals surface area contributed by atoms with Gasteiger partial charge in [-0.2, -0.15) is 0 Å². The Morgan fingerprint density at radius 2 is 2.38 bits per heavy atom. The van der Waals surface area contributed by atoms with E-state index in [1.807, 2.05) is 0 Å². The first kappa shape index (κ1) is 11.5. The van der Waals surface area contributed by atoms with Gasteiger partial charge in [0.1, 0.15) is 5.52 Å². The van der Waals surface area contributed by atoms with Crippen LogP contribution in [-0.2, 0) is 4.74 Å². The molecule has 0 atom stereocenters. The van der Waals surface area contributed by atoms with E-state index in [9.17, 15) is 4.79 Å². The molecule has 0 saturated carbocycles.